The summed E-state index contributed by atoms with van der Waals surface area (Å²) in [5, 5.41) is 34.1. The normalized spacial score (nSPS) is 34.0. The molecule has 0 radical (unpaired) electrons. The number of halogens is 1. The number of carbonyl (C=O) groups is 5. The highest BCUT2D eigenvalue weighted by Crippen LogP contribution is 2.55. The van der Waals surface area contributed by atoms with Crippen LogP contribution >= 0.6 is 0 Å². The molecule has 1 amide bonds. The molecule has 3 aliphatic rings. The minimum Gasteiger partial charge on any atom is -0.507 e. The molecule has 10 nitrogen and oxygen atoms in total. The number of benzene rings is 2. The molecule has 8 atom stereocenters. The third kappa shape index (κ3) is 3.46. The van der Waals surface area contributed by atoms with Crippen LogP contribution in [0.5, 0.6) is 5.75 Å². The van der Waals surface area contributed by atoms with Crippen LogP contribution in [0, 0.1) is 29.5 Å². The van der Waals surface area contributed by atoms with E-state index in [9.17, 15) is 43.7 Å². The number of likely N-dealkylation sites (N-methyl/N-ethyl adjacent to an activating group) is 1. The summed E-state index contributed by atoms with van der Waals surface area (Å²) >= 11 is 0. The minimum atomic E-state index is -3.06. The van der Waals surface area contributed by atoms with Crippen molar-refractivity contribution in [2.45, 2.75) is 30.6 Å². The molecule has 39 heavy (non-hydrogen) atoms. The Hall–Kier alpha value is -3.80. The third-order valence-corrected chi connectivity index (χ3v) is 8.62. The van der Waals surface area contributed by atoms with Gasteiger partial charge in [-0.25, -0.2) is 4.39 Å². The number of hydrogen-bond acceptors (Lipinski definition) is 9. The molecule has 3 aliphatic carbocycles. The summed E-state index contributed by atoms with van der Waals surface area (Å²) in [7, 11) is 2.85. The highest BCUT2D eigenvalue weighted by molar-refractivity contribution is 6.32. The van der Waals surface area contributed by atoms with E-state index in [1.807, 2.05) is 0 Å². The number of phenols is 1. The van der Waals surface area contributed by atoms with E-state index in [1.165, 1.54) is 55.4 Å². The van der Waals surface area contributed by atoms with Gasteiger partial charge >= 0.3 is 0 Å². The Morgan fingerprint density at radius 1 is 1.03 bits per heavy atom. The van der Waals surface area contributed by atoms with Crippen LogP contribution in [-0.4, -0.2) is 81.1 Å². The van der Waals surface area contributed by atoms with Crippen LogP contribution in [0.25, 0.3) is 11.1 Å². The van der Waals surface area contributed by atoms with Gasteiger partial charge in [-0.05, 0) is 54.9 Å². The van der Waals surface area contributed by atoms with Gasteiger partial charge in [0.1, 0.15) is 11.6 Å². The number of rotatable bonds is 3. The fourth-order valence-electron chi connectivity index (χ4n) is 6.95. The lowest BCUT2D eigenvalue weighted by molar-refractivity contribution is -0.196. The molecule has 2 fully saturated rings. The number of amides is 1. The van der Waals surface area contributed by atoms with E-state index in [0.717, 1.165) is 0 Å². The van der Waals surface area contributed by atoms with Crippen molar-refractivity contribution < 1.29 is 43.7 Å². The minimum absolute atomic E-state index is 0.219. The molecule has 5 N–H and O–H groups in total. The standard InChI is InChI=1S/C28H27FN2O8/c1-10-15-13(11-4-6-12(29)7-5-11)8-9-14(32)17(15)22(33)18-16(10)23(34)20-21(31(2)3)24(35)19(27(30)38)26(37)28(20,39)25(18)36/h4-10,16,18-21,23,32,34,39H,1-3H3,(H2,30,38)/t10-,16+,18?,19?,20+,21-,23-,28-/m0/s1. The second-order valence-corrected chi connectivity index (χ2v) is 10.8. The van der Waals surface area contributed by atoms with E-state index >= 15 is 0 Å². The number of nitrogens with zero attached hydrogens (tertiary/aromatic N) is 1. The number of carbonyl (C=O) groups excluding carboxylic acids is 5. The van der Waals surface area contributed by atoms with Gasteiger partial charge in [-0.2, -0.15) is 0 Å². The lowest BCUT2D eigenvalue weighted by Crippen LogP contribution is -2.77. The van der Waals surface area contributed by atoms with Crippen molar-refractivity contribution in [2.24, 2.45) is 29.4 Å². The van der Waals surface area contributed by atoms with E-state index in [4.69, 9.17) is 5.73 Å². The summed E-state index contributed by atoms with van der Waals surface area (Å²) in [5.41, 5.74) is 3.30. The quantitative estimate of drug-likeness (QED) is 0.398. The number of primary amides is 1. The summed E-state index contributed by atoms with van der Waals surface area (Å²) in [4.78, 5) is 67.9. The monoisotopic (exact) mass is 538 g/mol. The van der Waals surface area contributed by atoms with Gasteiger partial charge in [0.15, 0.2) is 34.7 Å². The van der Waals surface area contributed by atoms with Crippen LogP contribution in [-0.2, 0) is 19.2 Å². The molecule has 0 heterocycles. The first kappa shape index (κ1) is 26.8. The highest BCUT2D eigenvalue weighted by atomic mass is 19.1. The van der Waals surface area contributed by atoms with Crippen LogP contribution in [0.3, 0.4) is 0 Å². The Balaban J connectivity index is 1.74. The SMILES string of the molecule is C[C@H]1c2c(-c3ccc(F)cc3)ccc(O)c2C(=O)C2C(=O)[C@]3(O)C(=O)C(C(N)=O)C(=O)[C@@H](N(C)C)[C@@H]3[C@@H](O)[C@@H]21. The molecule has 0 spiro atoms. The number of hydrogen-bond donors (Lipinski definition) is 4. The first-order valence-corrected chi connectivity index (χ1v) is 12.4. The van der Waals surface area contributed by atoms with Gasteiger partial charge in [-0.1, -0.05) is 25.1 Å². The smallest absolute Gasteiger partial charge is 0.235 e. The van der Waals surface area contributed by atoms with Crippen LogP contribution in [0.15, 0.2) is 36.4 Å². The molecular weight excluding hydrogens is 511 g/mol. The number of phenolic OH excluding ortho intramolecular Hbond substituents is 1. The molecule has 204 valence electrons. The van der Waals surface area contributed by atoms with Gasteiger partial charge in [-0.3, -0.25) is 28.9 Å². The average Bonchev–Trinajstić information content (AvgIpc) is 2.86. The van der Waals surface area contributed by atoms with Crippen molar-refractivity contribution in [2.75, 3.05) is 14.1 Å². The maximum atomic E-state index is 14.0. The molecule has 5 rings (SSSR count). The lowest BCUT2D eigenvalue weighted by Gasteiger charge is -2.56. The summed E-state index contributed by atoms with van der Waals surface area (Å²) in [6.45, 7) is 1.62. The van der Waals surface area contributed by atoms with Gasteiger partial charge in [0.2, 0.25) is 5.91 Å². The van der Waals surface area contributed by atoms with Gasteiger partial charge in [0.05, 0.1) is 29.5 Å². The molecule has 2 aromatic carbocycles. The van der Waals surface area contributed by atoms with Crippen molar-refractivity contribution >= 4 is 29.0 Å². The largest absolute Gasteiger partial charge is 0.507 e. The number of Topliss-reactive ketones (excluding diaryl/α,β-unsaturated/α-hetero) is 4. The van der Waals surface area contributed by atoms with Crippen LogP contribution < -0.4 is 5.73 Å². The molecule has 2 saturated carbocycles. The number of fused-ring (bicyclic) bond motifs is 3. The van der Waals surface area contributed by atoms with Crippen LogP contribution in [0.1, 0.15) is 28.8 Å². The fraction of sp³-hybridized carbons (Fsp3) is 0.393. The number of nitrogens with two attached hydrogens (primary N) is 1. The maximum absolute atomic E-state index is 14.0. The Morgan fingerprint density at radius 3 is 2.21 bits per heavy atom. The van der Waals surface area contributed by atoms with Crippen LogP contribution in [0.4, 0.5) is 4.39 Å². The number of aromatic hydroxyl groups is 1. The van der Waals surface area contributed by atoms with E-state index in [2.05, 4.69) is 0 Å². The molecule has 2 aromatic rings. The zero-order chi connectivity index (χ0) is 28.7. The lowest BCUT2D eigenvalue weighted by atomic mass is 9.49. The van der Waals surface area contributed by atoms with Crippen molar-refractivity contribution in [3.05, 3.63) is 53.3 Å². The molecular formula is C28H27FN2O8. The number of ketones is 4. The van der Waals surface area contributed by atoms with Gasteiger partial charge in [0, 0.05) is 5.92 Å². The first-order chi connectivity index (χ1) is 18.2. The first-order valence-electron chi connectivity index (χ1n) is 12.4. The summed E-state index contributed by atoms with van der Waals surface area (Å²) in [6, 6.07) is 6.75. The highest BCUT2D eigenvalue weighted by Gasteiger charge is 2.73. The van der Waals surface area contributed by atoms with Gasteiger partial charge in [0.25, 0.3) is 0 Å². The Labute approximate surface area is 222 Å². The second kappa shape index (κ2) is 8.87. The average molecular weight is 539 g/mol. The van der Waals surface area contributed by atoms with Crippen molar-refractivity contribution in [1.82, 2.24) is 4.90 Å². The van der Waals surface area contributed by atoms with Crippen LogP contribution in [0.2, 0.25) is 0 Å². The number of aliphatic hydroxyl groups excluding tert-OH is 1. The molecule has 0 aromatic heterocycles. The fourth-order valence-corrected chi connectivity index (χ4v) is 6.95. The van der Waals surface area contributed by atoms with E-state index in [0.29, 0.717) is 16.7 Å². The zero-order valence-corrected chi connectivity index (χ0v) is 21.3. The molecule has 0 saturated heterocycles. The Bertz CT molecular complexity index is 1450. The van der Waals surface area contributed by atoms with E-state index in [1.54, 1.807) is 6.92 Å². The number of aliphatic hydroxyl groups is 2. The van der Waals surface area contributed by atoms with Gasteiger partial charge in [-0.15, -0.1) is 0 Å². The third-order valence-electron chi connectivity index (χ3n) is 8.62. The van der Waals surface area contributed by atoms with Gasteiger partial charge < -0.3 is 21.1 Å². The van der Waals surface area contributed by atoms with Crippen molar-refractivity contribution in [1.29, 1.82) is 0 Å². The predicted molar refractivity (Wildman–Crippen MR) is 133 cm³/mol. The summed E-state index contributed by atoms with van der Waals surface area (Å²) in [6.07, 6.45) is -1.73. The molecule has 0 aliphatic heterocycles. The Kier molecular flexibility index (Phi) is 6.09. The maximum Gasteiger partial charge on any atom is 0.235 e. The molecule has 2 unspecified atom stereocenters. The van der Waals surface area contributed by atoms with Crippen molar-refractivity contribution in [3.8, 4) is 16.9 Å². The molecule has 0 bridgehead atoms. The topological polar surface area (TPSA) is 175 Å². The summed E-state index contributed by atoms with van der Waals surface area (Å²) < 4.78 is 13.6. The van der Waals surface area contributed by atoms with E-state index < -0.39 is 87.9 Å². The Morgan fingerprint density at radius 2 is 1.64 bits per heavy atom. The second-order valence-electron chi connectivity index (χ2n) is 10.8. The predicted octanol–water partition coefficient (Wildman–Crippen LogP) is 0.205. The van der Waals surface area contributed by atoms with Crippen molar-refractivity contribution in [3.63, 3.8) is 0 Å². The summed E-state index contributed by atoms with van der Waals surface area (Å²) in [5.74, 6) is -14.5. The zero-order valence-electron chi connectivity index (χ0n) is 21.3. The van der Waals surface area contributed by atoms with E-state index in [-0.39, 0.29) is 5.56 Å². The molecule has 11 heteroatoms.